The van der Waals surface area contributed by atoms with Crippen molar-refractivity contribution < 1.29 is 15.0 Å². The summed E-state index contributed by atoms with van der Waals surface area (Å²) >= 11 is 0. The molecule has 1 unspecified atom stereocenters. The monoisotopic (exact) mass is 518 g/mol. The third kappa shape index (κ3) is 3.56. The van der Waals surface area contributed by atoms with Gasteiger partial charge in [-0.1, -0.05) is 71.5 Å². The van der Waals surface area contributed by atoms with Gasteiger partial charge in [-0.2, -0.15) is 5.70 Å². The first-order valence-electron chi connectivity index (χ1n) is 12.7. The van der Waals surface area contributed by atoms with Gasteiger partial charge in [-0.15, -0.1) is 33.1 Å². The summed E-state index contributed by atoms with van der Waals surface area (Å²) in [5.74, 6) is -2.27. The van der Waals surface area contributed by atoms with E-state index in [9.17, 15) is 15.0 Å². The Morgan fingerprint density at radius 3 is 1.92 bits per heavy atom. The van der Waals surface area contributed by atoms with Crippen molar-refractivity contribution in [1.29, 1.82) is 0 Å². The molecule has 192 valence electrons. The maximum Gasteiger partial charge on any atom is 2.00 e. The summed E-state index contributed by atoms with van der Waals surface area (Å²) < 4.78 is 0. The van der Waals surface area contributed by atoms with Crippen molar-refractivity contribution in [2.45, 2.75) is 54.5 Å². The van der Waals surface area contributed by atoms with Crippen molar-refractivity contribution in [3.63, 3.8) is 0 Å². The molecule has 0 aromatic carbocycles. The van der Waals surface area contributed by atoms with Crippen molar-refractivity contribution in [3.8, 4) is 0 Å². The van der Waals surface area contributed by atoms with Gasteiger partial charge in [-0.25, -0.2) is 0 Å². The van der Waals surface area contributed by atoms with Crippen molar-refractivity contribution in [2.75, 3.05) is 0 Å². The van der Waals surface area contributed by atoms with Gasteiger partial charge in [0.1, 0.15) is 11.7 Å². The van der Waals surface area contributed by atoms with E-state index in [0.717, 1.165) is 55.6 Å². The average molecular weight is 519 g/mol. The number of carboxylic acids is 1. The smallest absolute Gasteiger partial charge is 0.681 e. The summed E-state index contributed by atoms with van der Waals surface area (Å²) in [5, 5.41) is 29.1. The molecule has 2 N–H and O–H groups in total. The number of nitrogens with zero attached hydrogens (tertiary/aromatic N) is 4. The van der Waals surface area contributed by atoms with E-state index in [-0.39, 0.29) is 40.6 Å². The average Bonchev–Trinajstić information content (AvgIpc) is 3.56. The Hall–Kier alpha value is -3.10. The Morgan fingerprint density at radius 1 is 0.789 bits per heavy atom. The van der Waals surface area contributed by atoms with Crippen LogP contribution in [0.3, 0.4) is 0 Å². The van der Waals surface area contributed by atoms with Crippen molar-refractivity contribution in [2.24, 2.45) is 17.8 Å². The van der Waals surface area contributed by atoms with E-state index in [1.54, 1.807) is 0 Å². The fraction of sp³-hybridized carbons (Fsp3) is 0.367. The number of aliphatic hydroxyl groups is 1. The molecule has 5 heterocycles. The molecule has 8 bridgehead atoms. The van der Waals surface area contributed by atoms with Gasteiger partial charge in [0.15, 0.2) is 0 Å². The van der Waals surface area contributed by atoms with E-state index in [0.29, 0.717) is 21.8 Å². The molecule has 38 heavy (non-hydrogen) atoms. The molecule has 3 aliphatic rings. The van der Waals surface area contributed by atoms with E-state index in [1.807, 2.05) is 32.1 Å². The van der Waals surface area contributed by atoms with Gasteiger partial charge < -0.3 is 30.5 Å². The van der Waals surface area contributed by atoms with E-state index >= 15 is 0 Å². The molecule has 4 atom stereocenters. The van der Waals surface area contributed by atoms with Crippen LogP contribution < -0.4 is 36.2 Å². The molecular weight excluding hydrogens is 489 g/mol. The molecule has 0 saturated carbocycles. The van der Waals surface area contributed by atoms with Gasteiger partial charge in [0.05, 0.1) is 0 Å². The summed E-state index contributed by atoms with van der Waals surface area (Å²) in [6.45, 7) is 14.3. The van der Waals surface area contributed by atoms with Crippen LogP contribution in [0.1, 0.15) is 58.7 Å². The number of aromatic nitrogens is 3. The third-order valence-corrected chi connectivity index (χ3v) is 8.92. The van der Waals surface area contributed by atoms with Crippen molar-refractivity contribution in [3.05, 3.63) is 77.2 Å². The Kier molecular flexibility index (Phi) is 6.27. The molecule has 1 saturated heterocycles. The van der Waals surface area contributed by atoms with Gasteiger partial charge in [-0.3, -0.25) is 4.79 Å². The van der Waals surface area contributed by atoms with Gasteiger partial charge in [0.2, 0.25) is 0 Å². The molecule has 1 aliphatic carbocycles. The second-order valence-corrected chi connectivity index (χ2v) is 10.8. The largest absolute Gasteiger partial charge is 2.00 e. The van der Waals surface area contributed by atoms with Gasteiger partial charge in [0, 0.05) is 5.22 Å². The van der Waals surface area contributed by atoms with Crippen molar-refractivity contribution in [1.82, 2.24) is 15.0 Å². The van der Waals surface area contributed by atoms with E-state index in [2.05, 4.69) is 34.6 Å². The number of hydrogen-bond acceptors (Lipinski definition) is 2. The maximum atomic E-state index is 12.4. The zero-order valence-corrected chi connectivity index (χ0v) is 24.3. The quantitative estimate of drug-likeness (QED) is 0.469. The minimum absolute atomic E-state index is 0. The van der Waals surface area contributed by atoms with Crippen LogP contribution in [-0.2, 0) is 4.79 Å². The van der Waals surface area contributed by atoms with E-state index in [1.165, 1.54) is 0 Å². The zero-order valence-electron chi connectivity index (χ0n) is 22.8. The predicted molar refractivity (Wildman–Crippen MR) is 148 cm³/mol. The maximum absolute atomic E-state index is 12.4. The topological polar surface area (TPSA) is 114 Å². The van der Waals surface area contributed by atoms with Gasteiger partial charge in [0.25, 0.3) is 0 Å². The van der Waals surface area contributed by atoms with Crippen LogP contribution in [0, 0.1) is 52.4 Å². The number of aliphatic hydroxyl groups excluding tert-OH is 1. The molecular formula is C30H30MgN4O3-2. The second kappa shape index (κ2) is 8.98. The summed E-state index contributed by atoms with van der Waals surface area (Å²) in [5.41, 5.74) is 9.00. The molecule has 1 fully saturated rings. The molecule has 0 spiro atoms. The predicted octanol–water partition coefficient (Wildman–Crippen LogP) is 1.29. The molecule has 3 aromatic heterocycles. The summed E-state index contributed by atoms with van der Waals surface area (Å²) in [4.78, 5) is 27.2. The first-order chi connectivity index (χ1) is 17.5. The second-order valence-electron chi connectivity index (χ2n) is 10.8. The SMILES string of the molecule is Cc1c2[n-]c(c1C)/C=c1\[n-]/c(c(C)c1C)=C\c1[n-]c3c(c1C)=C(O)[C@H](C(=O)O)C=3C1[N-]/C(=C\2)[C@@H](C)[C@@H]1C.[Mg+2]. The molecule has 0 amide bonds. The normalized spacial score (nSPS) is 26.6. The summed E-state index contributed by atoms with van der Waals surface area (Å²) in [6.07, 6.45) is 6.02. The molecule has 8 heteroatoms. The third-order valence-electron chi connectivity index (χ3n) is 8.92. The van der Waals surface area contributed by atoms with Crippen LogP contribution >= 0.6 is 0 Å². The van der Waals surface area contributed by atoms with Crippen LogP contribution in [0.5, 0.6) is 0 Å². The number of carbonyl (C=O) groups is 1. The number of fused-ring (bicyclic) bond motifs is 8. The van der Waals surface area contributed by atoms with Gasteiger partial charge >= 0.3 is 29.0 Å². The van der Waals surface area contributed by atoms with Crippen LogP contribution in [-0.4, -0.2) is 45.3 Å². The number of allylic oxidation sites excluding steroid dienone is 1. The van der Waals surface area contributed by atoms with Crippen LogP contribution in [0.25, 0.3) is 34.9 Å². The number of aliphatic carboxylic acids is 1. The van der Waals surface area contributed by atoms with E-state index in [4.69, 9.17) is 20.3 Å². The standard InChI is InChI=1S/C30H30N4O3.Mg/c1-11-13(3)20-9-22-15(5)16(6)27(33-22)25-26(30(36)37)29(35)24-17(7)23(34-28(24)25)10-21-14(4)12(2)19(32-21)8-18(11)31-20;/h8-10,15-16,26-27,35H,1-7H3,(H,36,37);/q-4;+2/b19-8-,21-10-,22-9-;/t15-,16-,26+,27?;/m0./s1. The molecule has 3 aromatic rings. The van der Waals surface area contributed by atoms with Crippen LogP contribution in [0.4, 0.5) is 0 Å². The Labute approximate surface area is 237 Å². The first kappa shape index (κ1) is 26.5. The molecule has 7 nitrogen and oxygen atoms in total. The Balaban J connectivity index is 0.00000294. The number of carboxylic acid groups (broad SMARTS) is 1. The van der Waals surface area contributed by atoms with Crippen LogP contribution in [0.15, 0.2) is 5.70 Å². The number of rotatable bonds is 1. The molecule has 6 rings (SSSR count). The fourth-order valence-corrected chi connectivity index (χ4v) is 6.00. The Bertz CT molecular complexity index is 1800. The summed E-state index contributed by atoms with van der Waals surface area (Å²) in [6, 6.07) is -0.407. The molecule has 2 aliphatic heterocycles. The van der Waals surface area contributed by atoms with Crippen molar-refractivity contribution >= 4 is 58.6 Å². The minimum atomic E-state index is -1.15. The zero-order chi connectivity index (χ0) is 26.5. The minimum Gasteiger partial charge on any atom is -0.681 e. The number of hydrogen-bond donors (Lipinski definition) is 2. The van der Waals surface area contributed by atoms with Gasteiger partial charge in [-0.05, 0) is 46.5 Å². The Morgan fingerprint density at radius 2 is 1.34 bits per heavy atom. The van der Waals surface area contributed by atoms with E-state index < -0.39 is 17.9 Å². The molecule has 0 radical (unpaired) electrons. The fourth-order valence-electron chi connectivity index (χ4n) is 6.00. The van der Waals surface area contributed by atoms with Crippen LogP contribution in [0.2, 0.25) is 0 Å². The first-order valence-corrected chi connectivity index (χ1v) is 12.7. The summed E-state index contributed by atoms with van der Waals surface area (Å²) in [7, 11) is 0.